The highest BCUT2D eigenvalue weighted by Crippen LogP contribution is 2.37. The van der Waals surface area contributed by atoms with Gasteiger partial charge in [-0.05, 0) is 42.8 Å². The average molecular weight is 515 g/mol. The van der Waals surface area contributed by atoms with Crippen molar-refractivity contribution in [3.05, 3.63) is 64.3 Å². The minimum absolute atomic E-state index is 0.0227. The van der Waals surface area contributed by atoms with Crippen molar-refractivity contribution >= 4 is 32.9 Å². The summed E-state index contributed by atoms with van der Waals surface area (Å²) < 4.78 is 70.7. The van der Waals surface area contributed by atoms with Gasteiger partial charge in [-0.15, -0.1) is 10.2 Å². The highest BCUT2D eigenvalue weighted by molar-refractivity contribution is 7.91. The molecule has 0 aliphatic heterocycles. The number of alkyl halides is 3. The third-order valence-electron chi connectivity index (χ3n) is 4.57. The van der Waals surface area contributed by atoms with Crippen molar-refractivity contribution in [2.45, 2.75) is 18.0 Å². The van der Waals surface area contributed by atoms with Gasteiger partial charge in [0.1, 0.15) is 11.3 Å². The second-order valence-electron chi connectivity index (χ2n) is 7.08. The van der Waals surface area contributed by atoms with Crippen molar-refractivity contribution in [1.29, 1.82) is 4.78 Å². The quantitative estimate of drug-likeness (QED) is 0.446. The molecule has 0 saturated heterocycles. The predicted octanol–water partition coefficient (Wildman–Crippen LogP) is 5.55. The summed E-state index contributed by atoms with van der Waals surface area (Å²) in [4.78, 5) is 13.2. The Balaban J connectivity index is 2.09. The molecule has 3 rings (SSSR count). The van der Waals surface area contributed by atoms with Gasteiger partial charge in [0, 0.05) is 22.9 Å². The smallest absolute Gasteiger partial charge is 0.435 e. The summed E-state index contributed by atoms with van der Waals surface area (Å²) in [5.74, 6) is -1.19. The van der Waals surface area contributed by atoms with Gasteiger partial charge < -0.3 is 14.8 Å². The highest BCUT2D eigenvalue weighted by Gasteiger charge is 2.38. The number of carbonyl (C=O) groups is 1. The van der Waals surface area contributed by atoms with Crippen LogP contribution in [0, 0.1) is 11.7 Å². The molecule has 0 fully saturated rings. The maximum atomic E-state index is 13.5. The predicted molar refractivity (Wildman–Crippen MR) is 119 cm³/mol. The Morgan fingerprint density at radius 2 is 1.88 bits per heavy atom. The van der Waals surface area contributed by atoms with Gasteiger partial charge in [-0.25, -0.2) is 8.99 Å². The van der Waals surface area contributed by atoms with Crippen LogP contribution in [0.4, 0.5) is 18.9 Å². The number of amides is 1. The summed E-state index contributed by atoms with van der Waals surface area (Å²) in [6.45, 7) is 1.06. The molecule has 0 aliphatic carbocycles. The molecule has 0 radical (unpaired) electrons. The first kappa shape index (κ1) is 25.2. The number of halogens is 4. The van der Waals surface area contributed by atoms with Gasteiger partial charge in [-0.2, -0.15) is 13.2 Å². The van der Waals surface area contributed by atoms with E-state index in [-0.39, 0.29) is 21.4 Å². The lowest BCUT2D eigenvalue weighted by molar-refractivity contribution is -0.142. The largest absolute Gasteiger partial charge is 0.497 e. The van der Waals surface area contributed by atoms with Crippen LogP contribution in [0.5, 0.6) is 17.4 Å². The summed E-state index contributed by atoms with van der Waals surface area (Å²) in [6.07, 6.45) is -3.68. The van der Waals surface area contributed by atoms with E-state index in [0.29, 0.717) is 5.75 Å². The number of nitrogens with one attached hydrogen (secondary N) is 2. The first-order valence-electron chi connectivity index (χ1n) is 9.42. The van der Waals surface area contributed by atoms with Crippen LogP contribution in [0.25, 0.3) is 0 Å². The third-order valence-corrected chi connectivity index (χ3v) is 6.03. The van der Waals surface area contributed by atoms with Gasteiger partial charge in [-0.3, -0.25) is 4.79 Å². The topological polar surface area (TPSA) is 114 Å². The van der Waals surface area contributed by atoms with E-state index < -0.39 is 44.5 Å². The molecule has 2 N–H and O–H groups in total. The lowest BCUT2D eigenvalue weighted by Crippen LogP contribution is -2.21. The van der Waals surface area contributed by atoms with E-state index >= 15 is 0 Å². The zero-order chi connectivity index (χ0) is 25.3. The van der Waals surface area contributed by atoms with E-state index in [1.807, 2.05) is 0 Å². The molecule has 2 aromatic carbocycles. The number of anilines is 1. The van der Waals surface area contributed by atoms with Crippen molar-refractivity contribution < 1.29 is 31.6 Å². The average Bonchev–Trinajstić information content (AvgIpc) is 2.74. The number of carbonyl (C=O) groups excluding carboxylic acids is 1. The molecule has 1 amide bonds. The fourth-order valence-electron chi connectivity index (χ4n) is 2.91. The van der Waals surface area contributed by atoms with Crippen LogP contribution in [0.15, 0.2) is 47.4 Å². The van der Waals surface area contributed by atoms with Crippen LogP contribution >= 0.6 is 11.6 Å². The molecule has 180 valence electrons. The van der Waals surface area contributed by atoms with Gasteiger partial charge in [-0.1, -0.05) is 17.7 Å². The van der Waals surface area contributed by atoms with Crippen molar-refractivity contribution in [1.82, 2.24) is 10.2 Å². The number of aromatic nitrogens is 2. The molecular weight excluding hydrogens is 497 g/mol. The van der Waals surface area contributed by atoms with Crippen LogP contribution in [0.3, 0.4) is 0 Å². The number of hydrogen-bond acceptors (Lipinski definition) is 7. The third kappa shape index (κ3) is 5.57. The van der Waals surface area contributed by atoms with Gasteiger partial charge in [0.15, 0.2) is 11.4 Å². The van der Waals surface area contributed by atoms with Crippen LogP contribution in [-0.2, 0) is 15.9 Å². The van der Waals surface area contributed by atoms with Crippen molar-refractivity contribution in [3.8, 4) is 17.4 Å². The Morgan fingerprint density at radius 3 is 2.50 bits per heavy atom. The molecule has 0 spiro atoms. The molecule has 13 heteroatoms. The Labute approximate surface area is 198 Å². The van der Waals surface area contributed by atoms with E-state index in [4.69, 9.17) is 25.9 Å². The number of rotatable bonds is 6. The number of ether oxygens (including phenoxy) is 2. The van der Waals surface area contributed by atoms with Gasteiger partial charge in [0.2, 0.25) is 0 Å². The molecule has 3 aromatic rings. The Bertz CT molecular complexity index is 1360. The molecule has 1 atom stereocenters. The maximum absolute atomic E-state index is 13.5. The second-order valence-corrected chi connectivity index (χ2v) is 9.64. The molecule has 1 aromatic heterocycles. The van der Waals surface area contributed by atoms with Crippen molar-refractivity contribution in [2.75, 3.05) is 18.7 Å². The number of hydrogen-bond donors (Lipinski definition) is 2. The summed E-state index contributed by atoms with van der Waals surface area (Å²) in [5, 5.41) is 9.21. The fraction of sp³-hybridized carbons (Fsp3) is 0.190. The standard InChI is InChI=1S/C21H18ClF3N4O4S/c1-11-17(19(30)27-12-5-4-6-14(9-12)34(3,26)31)20(29-28-18(11)21(23,24)25)33-16-10-13(32-2)7-8-15(16)22/h4-10,26H,1-3H3,(H,27,30). The molecule has 1 unspecified atom stereocenters. The zero-order valence-electron chi connectivity index (χ0n) is 18.0. The van der Waals surface area contributed by atoms with Gasteiger partial charge in [0.25, 0.3) is 11.8 Å². The summed E-state index contributed by atoms with van der Waals surface area (Å²) in [6, 6.07) is 9.96. The SMILES string of the molecule is COc1ccc(Cl)c(Oc2nnc(C(F)(F)F)c(C)c2C(=O)Nc2cccc(S(C)(=N)=O)c2)c1. The lowest BCUT2D eigenvalue weighted by Gasteiger charge is -2.17. The first-order valence-corrected chi connectivity index (χ1v) is 11.8. The van der Waals surface area contributed by atoms with Crippen LogP contribution in [0.1, 0.15) is 21.6 Å². The summed E-state index contributed by atoms with van der Waals surface area (Å²) in [5.41, 5.74) is -2.31. The van der Waals surface area contributed by atoms with E-state index in [9.17, 15) is 22.2 Å². The minimum atomic E-state index is -4.88. The molecule has 8 nitrogen and oxygen atoms in total. The summed E-state index contributed by atoms with van der Waals surface area (Å²) >= 11 is 6.11. The van der Waals surface area contributed by atoms with Crippen molar-refractivity contribution in [2.24, 2.45) is 0 Å². The first-order chi connectivity index (χ1) is 15.8. The molecule has 1 heterocycles. The van der Waals surface area contributed by atoms with E-state index in [1.54, 1.807) is 0 Å². The van der Waals surface area contributed by atoms with E-state index in [1.165, 1.54) is 55.8 Å². The minimum Gasteiger partial charge on any atom is -0.497 e. The molecule has 0 aliphatic rings. The monoisotopic (exact) mass is 514 g/mol. The molecule has 34 heavy (non-hydrogen) atoms. The van der Waals surface area contributed by atoms with Gasteiger partial charge in [0.05, 0.1) is 21.9 Å². The number of methoxy groups -OCH3 is 1. The molecular formula is C21H18ClF3N4O4S. The second kappa shape index (κ2) is 9.47. The van der Waals surface area contributed by atoms with E-state index in [2.05, 4.69) is 15.5 Å². The number of nitrogens with zero attached hydrogens (tertiary/aromatic N) is 2. The fourth-order valence-corrected chi connectivity index (χ4v) is 3.76. The van der Waals surface area contributed by atoms with Crippen molar-refractivity contribution in [3.63, 3.8) is 0 Å². The Hall–Kier alpha value is -3.38. The summed E-state index contributed by atoms with van der Waals surface area (Å²) in [7, 11) is -1.70. The van der Waals surface area contributed by atoms with E-state index in [0.717, 1.165) is 6.92 Å². The Kier molecular flexibility index (Phi) is 7.03. The Morgan fingerprint density at radius 1 is 1.18 bits per heavy atom. The molecule has 0 saturated carbocycles. The van der Waals surface area contributed by atoms with Crippen LogP contribution < -0.4 is 14.8 Å². The van der Waals surface area contributed by atoms with Gasteiger partial charge >= 0.3 is 6.18 Å². The number of benzene rings is 2. The van der Waals surface area contributed by atoms with Crippen LogP contribution in [0.2, 0.25) is 5.02 Å². The molecule has 0 bridgehead atoms. The highest BCUT2D eigenvalue weighted by atomic mass is 35.5. The van der Waals surface area contributed by atoms with Crippen LogP contribution in [-0.4, -0.2) is 33.7 Å². The maximum Gasteiger partial charge on any atom is 0.435 e. The normalized spacial score (nSPS) is 13.1. The lowest BCUT2D eigenvalue weighted by atomic mass is 10.1. The zero-order valence-corrected chi connectivity index (χ0v) is 19.6.